The molecule has 1 rings (SSSR count). The van der Waals surface area contributed by atoms with E-state index in [-0.39, 0.29) is 5.41 Å². The van der Waals surface area contributed by atoms with E-state index < -0.39 is 11.5 Å². The average molecular weight is 249 g/mol. The van der Waals surface area contributed by atoms with Gasteiger partial charge in [0.25, 0.3) is 0 Å². The van der Waals surface area contributed by atoms with Gasteiger partial charge in [-0.25, -0.2) is 0 Å². The van der Waals surface area contributed by atoms with Crippen molar-refractivity contribution in [2.45, 2.75) is 39.7 Å². The standard InChI is InChI=1S/C15H23NO2/c1-14(2,3)11-16-15(4,13(17)18)10-12-8-6-5-7-9-12/h5-9,16H,10-11H2,1-4H3,(H,17,18). The Bertz CT molecular complexity index is 395. The van der Waals surface area contributed by atoms with Crippen molar-refractivity contribution in [1.29, 1.82) is 0 Å². The molecule has 0 heterocycles. The van der Waals surface area contributed by atoms with Crippen LogP contribution in [0.1, 0.15) is 33.3 Å². The largest absolute Gasteiger partial charge is 0.480 e. The van der Waals surface area contributed by atoms with Crippen LogP contribution < -0.4 is 5.32 Å². The van der Waals surface area contributed by atoms with Crippen molar-refractivity contribution >= 4 is 5.97 Å². The van der Waals surface area contributed by atoms with Gasteiger partial charge in [0.05, 0.1) is 0 Å². The van der Waals surface area contributed by atoms with E-state index in [4.69, 9.17) is 0 Å². The van der Waals surface area contributed by atoms with Crippen LogP contribution in [0, 0.1) is 5.41 Å². The second-order valence-corrected chi connectivity index (χ2v) is 6.21. The number of rotatable bonds is 5. The molecule has 18 heavy (non-hydrogen) atoms. The van der Waals surface area contributed by atoms with Crippen molar-refractivity contribution in [1.82, 2.24) is 5.32 Å². The van der Waals surface area contributed by atoms with Crippen LogP contribution in [0.4, 0.5) is 0 Å². The third-order valence-corrected chi connectivity index (χ3v) is 2.88. The molecular weight excluding hydrogens is 226 g/mol. The van der Waals surface area contributed by atoms with Crippen LogP contribution in [-0.2, 0) is 11.2 Å². The maximum Gasteiger partial charge on any atom is 0.323 e. The van der Waals surface area contributed by atoms with Crippen molar-refractivity contribution in [2.24, 2.45) is 5.41 Å². The maximum absolute atomic E-state index is 11.5. The molecule has 0 aromatic heterocycles. The molecule has 0 amide bonds. The molecule has 0 aliphatic rings. The van der Waals surface area contributed by atoms with Crippen molar-refractivity contribution < 1.29 is 9.90 Å². The summed E-state index contributed by atoms with van der Waals surface area (Å²) in [6, 6.07) is 9.72. The van der Waals surface area contributed by atoms with Crippen molar-refractivity contribution in [3.8, 4) is 0 Å². The highest BCUT2D eigenvalue weighted by molar-refractivity contribution is 5.78. The summed E-state index contributed by atoms with van der Waals surface area (Å²) in [5.74, 6) is -0.810. The molecule has 0 aliphatic heterocycles. The molecule has 1 atom stereocenters. The molecular formula is C15H23NO2. The van der Waals surface area contributed by atoms with Gasteiger partial charge in [0.1, 0.15) is 5.54 Å². The zero-order valence-corrected chi connectivity index (χ0v) is 11.7. The first-order valence-electron chi connectivity index (χ1n) is 6.25. The fourth-order valence-corrected chi connectivity index (χ4v) is 1.68. The predicted molar refractivity (Wildman–Crippen MR) is 73.6 cm³/mol. The van der Waals surface area contributed by atoms with E-state index in [9.17, 15) is 9.90 Å². The minimum Gasteiger partial charge on any atom is -0.480 e. The van der Waals surface area contributed by atoms with Gasteiger partial charge in [-0.1, -0.05) is 51.1 Å². The molecule has 0 bridgehead atoms. The van der Waals surface area contributed by atoms with Gasteiger partial charge in [-0.15, -0.1) is 0 Å². The van der Waals surface area contributed by atoms with Crippen molar-refractivity contribution in [3.05, 3.63) is 35.9 Å². The molecule has 0 radical (unpaired) electrons. The zero-order valence-electron chi connectivity index (χ0n) is 11.7. The molecule has 3 nitrogen and oxygen atoms in total. The van der Waals surface area contributed by atoms with Gasteiger partial charge in [0.2, 0.25) is 0 Å². The molecule has 1 aromatic carbocycles. The summed E-state index contributed by atoms with van der Waals surface area (Å²) in [5, 5.41) is 12.6. The van der Waals surface area contributed by atoms with Crippen LogP contribution in [0.3, 0.4) is 0 Å². The van der Waals surface area contributed by atoms with Gasteiger partial charge in [0, 0.05) is 13.0 Å². The Kier molecular flexibility index (Phi) is 4.52. The molecule has 0 spiro atoms. The number of carbonyl (C=O) groups is 1. The lowest BCUT2D eigenvalue weighted by Crippen LogP contribution is -2.53. The van der Waals surface area contributed by atoms with E-state index in [1.165, 1.54) is 0 Å². The summed E-state index contributed by atoms with van der Waals surface area (Å²) in [5.41, 5.74) is 0.172. The normalized spacial score (nSPS) is 15.1. The van der Waals surface area contributed by atoms with Crippen LogP contribution in [0.25, 0.3) is 0 Å². The molecule has 3 heteroatoms. The Morgan fingerprint density at radius 1 is 1.17 bits per heavy atom. The van der Waals surface area contributed by atoms with Crippen LogP contribution in [-0.4, -0.2) is 23.2 Å². The Morgan fingerprint density at radius 3 is 2.17 bits per heavy atom. The van der Waals surface area contributed by atoms with Gasteiger partial charge >= 0.3 is 5.97 Å². The van der Waals surface area contributed by atoms with E-state index in [0.29, 0.717) is 13.0 Å². The molecule has 100 valence electrons. The summed E-state index contributed by atoms with van der Waals surface area (Å²) in [6.07, 6.45) is 0.485. The van der Waals surface area contributed by atoms with Crippen LogP contribution in [0.5, 0.6) is 0 Å². The maximum atomic E-state index is 11.5. The van der Waals surface area contributed by atoms with E-state index in [1.807, 2.05) is 30.3 Å². The molecule has 0 aliphatic carbocycles. The third kappa shape index (κ3) is 4.49. The Balaban J connectivity index is 2.78. The second-order valence-electron chi connectivity index (χ2n) is 6.21. The number of benzene rings is 1. The minimum absolute atomic E-state index is 0.0629. The van der Waals surface area contributed by atoms with Crippen LogP contribution in [0.2, 0.25) is 0 Å². The second kappa shape index (κ2) is 5.53. The summed E-state index contributed by atoms with van der Waals surface area (Å²) >= 11 is 0. The predicted octanol–water partition coefficient (Wildman–Crippen LogP) is 2.71. The fraction of sp³-hybridized carbons (Fsp3) is 0.533. The summed E-state index contributed by atoms with van der Waals surface area (Å²) in [7, 11) is 0. The first-order valence-corrected chi connectivity index (χ1v) is 6.25. The van der Waals surface area contributed by atoms with Crippen molar-refractivity contribution in [2.75, 3.05) is 6.54 Å². The summed E-state index contributed by atoms with van der Waals surface area (Å²) in [6.45, 7) is 8.68. The molecule has 2 N–H and O–H groups in total. The Hall–Kier alpha value is -1.35. The summed E-state index contributed by atoms with van der Waals surface area (Å²) < 4.78 is 0. The number of aliphatic carboxylic acids is 1. The van der Waals surface area contributed by atoms with Crippen LogP contribution in [0.15, 0.2) is 30.3 Å². The fourth-order valence-electron chi connectivity index (χ4n) is 1.68. The lowest BCUT2D eigenvalue weighted by molar-refractivity contribution is -0.144. The topological polar surface area (TPSA) is 49.3 Å². The quantitative estimate of drug-likeness (QED) is 0.843. The number of hydrogen-bond acceptors (Lipinski definition) is 2. The third-order valence-electron chi connectivity index (χ3n) is 2.88. The SMILES string of the molecule is CC(C)(C)CNC(C)(Cc1ccccc1)C(=O)O. The van der Waals surface area contributed by atoms with Gasteiger partial charge in [-0.3, -0.25) is 4.79 Å². The van der Waals surface area contributed by atoms with Crippen molar-refractivity contribution in [3.63, 3.8) is 0 Å². The molecule has 0 saturated carbocycles. The van der Waals surface area contributed by atoms with Gasteiger partial charge in [0.15, 0.2) is 0 Å². The van der Waals surface area contributed by atoms with Gasteiger partial charge in [-0.05, 0) is 17.9 Å². The van der Waals surface area contributed by atoms with Gasteiger partial charge in [-0.2, -0.15) is 0 Å². The first kappa shape index (κ1) is 14.7. The van der Waals surface area contributed by atoms with Crippen LogP contribution >= 0.6 is 0 Å². The molecule has 0 fully saturated rings. The average Bonchev–Trinajstić information content (AvgIpc) is 2.27. The lowest BCUT2D eigenvalue weighted by Gasteiger charge is -2.30. The molecule has 1 unspecified atom stereocenters. The van der Waals surface area contributed by atoms with E-state index in [1.54, 1.807) is 6.92 Å². The number of nitrogens with one attached hydrogen (secondary N) is 1. The highest BCUT2D eigenvalue weighted by atomic mass is 16.4. The highest BCUT2D eigenvalue weighted by Crippen LogP contribution is 2.17. The first-order chi connectivity index (χ1) is 8.23. The van der Waals surface area contributed by atoms with Gasteiger partial charge < -0.3 is 10.4 Å². The lowest BCUT2D eigenvalue weighted by atomic mass is 9.89. The van der Waals surface area contributed by atoms with E-state index >= 15 is 0 Å². The summed E-state index contributed by atoms with van der Waals surface area (Å²) in [4.78, 5) is 11.5. The monoisotopic (exact) mass is 249 g/mol. The highest BCUT2D eigenvalue weighted by Gasteiger charge is 2.33. The molecule has 1 aromatic rings. The zero-order chi connectivity index (χ0) is 13.8. The van der Waals surface area contributed by atoms with E-state index in [0.717, 1.165) is 5.56 Å². The van der Waals surface area contributed by atoms with E-state index in [2.05, 4.69) is 26.1 Å². The number of carboxylic acid groups (broad SMARTS) is 1. The minimum atomic E-state index is -0.922. The Labute approximate surface area is 109 Å². The number of hydrogen-bond donors (Lipinski definition) is 2. The number of carboxylic acids is 1. The smallest absolute Gasteiger partial charge is 0.323 e. The molecule has 0 saturated heterocycles. The Morgan fingerprint density at radius 2 is 1.72 bits per heavy atom.